The van der Waals surface area contributed by atoms with Crippen LogP contribution in [0.3, 0.4) is 0 Å². The number of anilines is 1. The van der Waals surface area contributed by atoms with Crippen LogP contribution in [0, 0.1) is 5.82 Å². The number of carbonyl (C=O) groups excluding carboxylic acids is 1. The van der Waals surface area contributed by atoms with Crippen molar-refractivity contribution in [2.45, 2.75) is 31.2 Å². The molecule has 6 nitrogen and oxygen atoms in total. The van der Waals surface area contributed by atoms with Gasteiger partial charge in [0.2, 0.25) is 5.91 Å². The number of amides is 1. The highest BCUT2D eigenvalue weighted by Crippen LogP contribution is 2.38. The summed E-state index contributed by atoms with van der Waals surface area (Å²) < 4.78 is 18.6. The van der Waals surface area contributed by atoms with E-state index in [9.17, 15) is 9.18 Å². The smallest absolute Gasteiger partial charge is 0.249 e. The minimum absolute atomic E-state index is 0.234. The number of likely N-dealkylation sites (N-methyl/N-ethyl adjacent to an activating group) is 1. The zero-order chi connectivity index (χ0) is 21.4. The number of aryl methyl sites for hydroxylation is 1. The highest BCUT2D eigenvalue weighted by atomic mass is 19.1. The second-order valence-corrected chi connectivity index (χ2v) is 8.65. The van der Waals surface area contributed by atoms with Gasteiger partial charge in [0.15, 0.2) is 5.58 Å². The molecule has 0 atom stereocenters. The summed E-state index contributed by atoms with van der Waals surface area (Å²) >= 11 is 0. The summed E-state index contributed by atoms with van der Waals surface area (Å²) in [6.45, 7) is 3.38. The van der Waals surface area contributed by atoms with Crippen molar-refractivity contribution in [2.75, 3.05) is 38.3 Å². The predicted molar refractivity (Wildman–Crippen MR) is 117 cm³/mol. The predicted octanol–water partition coefficient (Wildman–Crippen LogP) is 3.67. The molecule has 0 N–H and O–H groups in total. The van der Waals surface area contributed by atoms with Crippen LogP contribution in [0.2, 0.25) is 0 Å². The third kappa shape index (κ3) is 3.57. The van der Waals surface area contributed by atoms with Crippen LogP contribution in [0.1, 0.15) is 25.0 Å². The van der Waals surface area contributed by atoms with E-state index in [0.717, 1.165) is 62.1 Å². The molecule has 1 spiro atoms. The Hall–Kier alpha value is -2.93. The summed E-state index contributed by atoms with van der Waals surface area (Å²) in [6.07, 6.45) is 3.40. The molecule has 1 aromatic heterocycles. The number of fused-ring (bicyclic) bond motifs is 1. The molecule has 2 saturated heterocycles. The molecular weight excluding hydrogens is 395 g/mol. The van der Waals surface area contributed by atoms with E-state index < -0.39 is 5.54 Å². The van der Waals surface area contributed by atoms with Crippen molar-refractivity contribution < 1.29 is 13.7 Å². The van der Waals surface area contributed by atoms with E-state index in [1.165, 1.54) is 12.1 Å². The molecule has 0 bridgehead atoms. The fourth-order valence-electron chi connectivity index (χ4n) is 5.06. The molecule has 2 aliphatic rings. The van der Waals surface area contributed by atoms with E-state index in [1.54, 1.807) is 6.07 Å². The number of hydrogen-bond acceptors (Lipinski definition) is 5. The van der Waals surface area contributed by atoms with Gasteiger partial charge in [-0.15, -0.1) is 0 Å². The molecule has 0 unspecified atom stereocenters. The number of nitrogens with zero attached hydrogens (tertiary/aromatic N) is 4. The maximum absolute atomic E-state index is 13.3. The van der Waals surface area contributed by atoms with Crippen molar-refractivity contribution in [1.82, 2.24) is 15.0 Å². The second kappa shape index (κ2) is 7.96. The number of carbonyl (C=O) groups is 1. The molecule has 162 valence electrons. The van der Waals surface area contributed by atoms with E-state index in [-0.39, 0.29) is 11.7 Å². The minimum Gasteiger partial charge on any atom is -0.356 e. The van der Waals surface area contributed by atoms with Crippen molar-refractivity contribution >= 4 is 22.6 Å². The Morgan fingerprint density at radius 1 is 1.13 bits per heavy atom. The Morgan fingerprint density at radius 2 is 1.90 bits per heavy atom. The number of aromatic nitrogens is 1. The van der Waals surface area contributed by atoms with Crippen LogP contribution < -0.4 is 4.90 Å². The first kappa shape index (κ1) is 20.0. The fourth-order valence-corrected chi connectivity index (χ4v) is 5.06. The number of rotatable bonds is 5. The molecule has 5 rings (SSSR count). The van der Waals surface area contributed by atoms with Gasteiger partial charge in [0.1, 0.15) is 11.4 Å². The molecule has 1 amide bonds. The molecule has 0 saturated carbocycles. The zero-order valence-corrected chi connectivity index (χ0v) is 17.8. The van der Waals surface area contributed by atoms with Crippen LogP contribution in [0.25, 0.3) is 11.0 Å². The van der Waals surface area contributed by atoms with Gasteiger partial charge in [-0.05, 0) is 56.5 Å². The first-order valence-corrected chi connectivity index (χ1v) is 10.9. The van der Waals surface area contributed by atoms with Gasteiger partial charge in [0.05, 0.1) is 12.4 Å². The van der Waals surface area contributed by atoms with Crippen LogP contribution in [0.4, 0.5) is 10.1 Å². The van der Waals surface area contributed by atoms with Gasteiger partial charge in [-0.3, -0.25) is 4.79 Å². The number of para-hydroxylation sites is 1. The molecule has 2 aromatic carbocycles. The fraction of sp³-hybridized carbons (Fsp3) is 0.417. The molecule has 3 aromatic rings. The lowest BCUT2D eigenvalue weighted by molar-refractivity contribution is -0.132. The summed E-state index contributed by atoms with van der Waals surface area (Å²) in [5.41, 5.74) is 2.06. The summed E-state index contributed by atoms with van der Waals surface area (Å²) in [4.78, 5) is 19.7. The van der Waals surface area contributed by atoms with E-state index >= 15 is 0 Å². The maximum Gasteiger partial charge on any atom is 0.249 e. The average Bonchev–Trinajstić information content (AvgIpc) is 3.29. The highest BCUT2D eigenvalue weighted by Gasteiger charge is 2.52. The molecular formula is C24H27FN4O2. The monoisotopic (exact) mass is 422 g/mol. The van der Waals surface area contributed by atoms with Gasteiger partial charge in [-0.1, -0.05) is 23.4 Å². The van der Waals surface area contributed by atoms with Crippen molar-refractivity contribution in [2.24, 2.45) is 0 Å². The Bertz CT molecular complexity index is 1080. The summed E-state index contributed by atoms with van der Waals surface area (Å²) in [5, 5.41) is 5.01. The lowest BCUT2D eigenvalue weighted by Crippen LogP contribution is -2.56. The van der Waals surface area contributed by atoms with E-state index in [4.69, 9.17) is 4.52 Å². The normalized spacial score (nSPS) is 19.1. The summed E-state index contributed by atoms with van der Waals surface area (Å²) in [5.74, 6) is -0.0774. The molecule has 0 radical (unpaired) electrons. The molecule has 0 aliphatic carbocycles. The Morgan fingerprint density at radius 3 is 2.68 bits per heavy atom. The molecule has 2 aliphatic heterocycles. The average molecular weight is 423 g/mol. The van der Waals surface area contributed by atoms with Crippen molar-refractivity contribution in [3.8, 4) is 0 Å². The van der Waals surface area contributed by atoms with Crippen molar-refractivity contribution in [1.29, 1.82) is 0 Å². The van der Waals surface area contributed by atoms with Crippen LogP contribution in [0.5, 0.6) is 0 Å². The van der Waals surface area contributed by atoms with Crippen LogP contribution in [-0.4, -0.2) is 59.8 Å². The quantitative estimate of drug-likeness (QED) is 0.628. The van der Waals surface area contributed by atoms with Gasteiger partial charge in [0.25, 0.3) is 0 Å². The molecule has 31 heavy (non-hydrogen) atoms. The summed E-state index contributed by atoms with van der Waals surface area (Å²) in [6, 6.07) is 14.8. The topological polar surface area (TPSA) is 52.8 Å². The Kier molecular flexibility index (Phi) is 5.14. The zero-order valence-electron chi connectivity index (χ0n) is 17.8. The Balaban J connectivity index is 1.21. The standard InChI is InChI=1S/C24H27FN4O2/c1-27-17-29(19-6-3-2-4-7-19)24(23(27)30)11-14-28(15-12-24)13-5-8-21-20-10-9-18(25)16-22(20)31-26-21/h2-4,6-7,9-10,16H,5,8,11-15,17H2,1H3. The maximum atomic E-state index is 13.3. The van der Waals surface area contributed by atoms with Gasteiger partial charge < -0.3 is 19.2 Å². The SMILES string of the molecule is CN1CN(c2ccccc2)C2(CCN(CCCc3noc4cc(F)ccc34)CC2)C1=O. The Labute approximate surface area is 181 Å². The van der Waals surface area contributed by atoms with Gasteiger partial charge >= 0.3 is 0 Å². The third-order valence-corrected chi connectivity index (χ3v) is 6.76. The summed E-state index contributed by atoms with van der Waals surface area (Å²) in [7, 11) is 1.90. The number of likely N-dealkylation sites (tertiary alicyclic amines) is 1. The third-order valence-electron chi connectivity index (χ3n) is 6.76. The van der Waals surface area contributed by atoms with E-state index in [1.807, 2.05) is 30.1 Å². The van der Waals surface area contributed by atoms with Gasteiger partial charge in [0, 0.05) is 37.3 Å². The lowest BCUT2D eigenvalue weighted by atomic mass is 9.85. The van der Waals surface area contributed by atoms with Crippen LogP contribution in [0.15, 0.2) is 53.1 Å². The van der Waals surface area contributed by atoms with E-state index in [0.29, 0.717) is 12.3 Å². The molecule has 2 fully saturated rings. The molecule has 3 heterocycles. The number of benzene rings is 2. The molecule has 7 heteroatoms. The number of piperidine rings is 1. The van der Waals surface area contributed by atoms with Crippen LogP contribution >= 0.6 is 0 Å². The minimum atomic E-state index is -0.432. The van der Waals surface area contributed by atoms with Gasteiger partial charge in [-0.25, -0.2) is 4.39 Å². The largest absolute Gasteiger partial charge is 0.356 e. The van der Waals surface area contributed by atoms with Crippen molar-refractivity contribution in [3.63, 3.8) is 0 Å². The van der Waals surface area contributed by atoms with Gasteiger partial charge in [-0.2, -0.15) is 0 Å². The number of hydrogen-bond donors (Lipinski definition) is 0. The van der Waals surface area contributed by atoms with E-state index in [2.05, 4.69) is 27.1 Å². The number of halogens is 1. The van der Waals surface area contributed by atoms with Crippen LogP contribution in [-0.2, 0) is 11.2 Å². The first-order valence-electron chi connectivity index (χ1n) is 10.9. The first-order chi connectivity index (χ1) is 15.1. The lowest BCUT2D eigenvalue weighted by Gasteiger charge is -2.43. The van der Waals surface area contributed by atoms with Crippen molar-refractivity contribution in [3.05, 3.63) is 60.0 Å². The second-order valence-electron chi connectivity index (χ2n) is 8.65. The highest BCUT2D eigenvalue weighted by molar-refractivity contribution is 5.93.